The van der Waals surface area contributed by atoms with Crippen molar-refractivity contribution in [1.82, 2.24) is 20.2 Å². The summed E-state index contributed by atoms with van der Waals surface area (Å²) in [5, 5.41) is 2.59. The van der Waals surface area contributed by atoms with Gasteiger partial charge in [-0.15, -0.1) is 22.9 Å². The number of thiophene rings is 1. The Morgan fingerprint density at radius 3 is 2.60 bits per heavy atom. The van der Waals surface area contributed by atoms with E-state index in [9.17, 15) is 14.4 Å². The first-order chi connectivity index (χ1) is 17.0. The molecule has 2 aromatic rings. The molecule has 2 aromatic heterocycles. The van der Waals surface area contributed by atoms with Crippen LogP contribution < -0.4 is 5.32 Å². The molecule has 10 heteroatoms. The van der Waals surface area contributed by atoms with E-state index in [1.54, 1.807) is 11.0 Å². The van der Waals surface area contributed by atoms with Crippen molar-refractivity contribution in [2.24, 2.45) is 5.92 Å². The number of amides is 2. The van der Waals surface area contributed by atoms with Crippen molar-refractivity contribution in [3.63, 3.8) is 0 Å². The molecular formula is C25H27ClN4O4S. The zero-order valence-electron chi connectivity index (χ0n) is 19.2. The van der Waals surface area contributed by atoms with Crippen LogP contribution in [0.25, 0.3) is 10.4 Å². The number of carbonyl (C=O) groups is 3. The van der Waals surface area contributed by atoms with Crippen LogP contribution in [-0.2, 0) is 14.3 Å². The van der Waals surface area contributed by atoms with Crippen molar-refractivity contribution < 1.29 is 19.1 Å². The molecule has 0 spiro atoms. The minimum atomic E-state index is -0.687. The molecule has 0 aromatic carbocycles. The molecule has 4 fully saturated rings. The van der Waals surface area contributed by atoms with Gasteiger partial charge in [-0.05, 0) is 43.7 Å². The Bertz CT molecular complexity index is 1140. The van der Waals surface area contributed by atoms with Crippen LogP contribution in [0, 0.1) is 5.92 Å². The average molecular weight is 515 g/mol. The quantitative estimate of drug-likeness (QED) is 0.594. The fraction of sp³-hybridized carbons (Fsp3) is 0.560. The first-order valence-corrected chi connectivity index (χ1v) is 13.6. The normalized spacial score (nSPS) is 27.3. The minimum Gasteiger partial charge on any atom is -0.366 e. The van der Waals surface area contributed by atoms with Crippen LogP contribution in [0.3, 0.4) is 0 Å². The van der Waals surface area contributed by atoms with Crippen molar-refractivity contribution in [1.29, 1.82) is 0 Å². The molecule has 35 heavy (non-hydrogen) atoms. The van der Waals surface area contributed by atoms with Gasteiger partial charge in [0.2, 0.25) is 5.91 Å². The molecule has 184 valence electrons. The number of fused-ring (bicyclic) bond motifs is 1. The molecule has 6 rings (SSSR count). The molecule has 4 atom stereocenters. The van der Waals surface area contributed by atoms with Gasteiger partial charge in [-0.1, -0.05) is 12.8 Å². The number of nitrogens with zero attached hydrogens (tertiary/aromatic N) is 3. The number of ether oxygens (including phenoxy) is 1. The van der Waals surface area contributed by atoms with Crippen molar-refractivity contribution >= 4 is 40.5 Å². The highest BCUT2D eigenvalue weighted by Crippen LogP contribution is 2.38. The van der Waals surface area contributed by atoms with Crippen molar-refractivity contribution in [2.45, 2.75) is 68.0 Å². The number of alkyl halides is 1. The van der Waals surface area contributed by atoms with Crippen LogP contribution in [0.5, 0.6) is 0 Å². The van der Waals surface area contributed by atoms with E-state index in [2.05, 4.69) is 15.3 Å². The van der Waals surface area contributed by atoms with Crippen molar-refractivity contribution in [3.8, 4) is 10.4 Å². The van der Waals surface area contributed by atoms with Crippen LogP contribution in [0.15, 0.2) is 24.5 Å². The van der Waals surface area contributed by atoms with Crippen LogP contribution in [-0.4, -0.2) is 69.2 Å². The fourth-order valence-electron chi connectivity index (χ4n) is 5.52. The Hall–Kier alpha value is -2.36. The third-order valence-corrected chi connectivity index (χ3v) is 9.08. The summed E-state index contributed by atoms with van der Waals surface area (Å²) in [7, 11) is 0. The predicted octanol–water partition coefficient (Wildman–Crippen LogP) is 3.16. The molecule has 4 heterocycles. The number of likely N-dealkylation sites (tertiary alicyclic amines) is 1. The largest absolute Gasteiger partial charge is 0.366 e. The summed E-state index contributed by atoms with van der Waals surface area (Å²) < 4.78 is 5.53. The van der Waals surface area contributed by atoms with Gasteiger partial charge in [0, 0.05) is 35.3 Å². The summed E-state index contributed by atoms with van der Waals surface area (Å²) in [4.78, 5) is 51.3. The second kappa shape index (κ2) is 9.26. The number of aromatic nitrogens is 2. The first kappa shape index (κ1) is 23.1. The van der Waals surface area contributed by atoms with E-state index in [0.29, 0.717) is 10.8 Å². The molecule has 1 N–H and O–H groups in total. The lowest BCUT2D eigenvalue weighted by molar-refractivity contribution is -0.139. The van der Waals surface area contributed by atoms with E-state index in [1.165, 1.54) is 11.3 Å². The van der Waals surface area contributed by atoms with Gasteiger partial charge in [0.25, 0.3) is 5.91 Å². The Balaban J connectivity index is 1.19. The Kier molecular flexibility index (Phi) is 6.10. The molecule has 4 unspecified atom stereocenters. The summed E-state index contributed by atoms with van der Waals surface area (Å²) in [6.07, 6.45) is 9.23. The smallest absolute Gasteiger partial charge is 0.262 e. The molecule has 0 radical (unpaired) electrons. The standard InChI is InChI=1S/C25H27ClN4O4S/c26-16-11-30(21-17(31)12-34-22(16)21)25(33)20(13-3-1-2-4-13)29-24(32)19-8-7-18(35-19)15-9-27-23(28-10-15)14-5-6-14/h7-10,13-14,16,20-22H,1-6,11-12H2,(H,29,32). The summed E-state index contributed by atoms with van der Waals surface area (Å²) in [5.41, 5.74) is 0.873. The maximum absolute atomic E-state index is 13.7. The second-order valence-electron chi connectivity index (χ2n) is 9.96. The van der Waals surface area contributed by atoms with Gasteiger partial charge in [0.1, 0.15) is 30.6 Å². The number of hydrogen-bond acceptors (Lipinski definition) is 7. The molecule has 8 nitrogen and oxygen atoms in total. The molecule has 2 amide bonds. The Labute approximate surface area is 212 Å². The van der Waals surface area contributed by atoms with E-state index in [1.807, 2.05) is 18.5 Å². The maximum Gasteiger partial charge on any atom is 0.262 e. The highest BCUT2D eigenvalue weighted by atomic mass is 35.5. The lowest BCUT2D eigenvalue weighted by Gasteiger charge is -2.30. The van der Waals surface area contributed by atoms with Gasteiger partial charge in [0.05, 0.1) is 10.3 Å². The van der Waals surface area contributed by atoms with E-state index in [4.69, 9.17) is 16.3 Å². The Morgan fingerprint density at radius 1 is 1.14 bits per heavy atom. The summed E-state index contributed by atoms with van der Waals surface area (Å²) in [5.74, 6) is 0.776. The minimum absolute atomic E-state index is 0.0217. The SMILES string of the molecule is O=C(NC(C(=O)N1CC(Cl)C2OCC(=O)C21)C1CCCC1)c1ccc(-c2cnc(C3CC3)nc2)s1. The lowest BCUT2D eigenvalue weighted by Crippen LogP contribution is -2.54. The number of nitrogens with one attached hydrogen (secondary N) is 1. The topological polar surface area (TPSA) is 101 Å². The number of halogens is 1. The van der Waals surface area contributed by atoms with Gasteiger partial charge in [0.15, 0.2) is 5.78 Å². The van der Waals surface area contributed by atoms with Crippen LogP contribution in [0.1, 0.15) is 59.9 Å². The van der Waals surface area contributed by atoms with Gasteiger partial charge in [-0.3, -0.25) is 14.4 Å². The third kappa shape index (κ3) is 4.38. The molecule has 2 aliphatic carbocycles. The van der Waals surface area contributed by atoms with E-state index < -0.39 is 23.6 Å². The van der Waals surface area contributed by atoms with Crippen LogP contribution in [0.2, 0.25) is 0 Å². The van der Waals surface area contributed by atoms with Crippen molar-refractivity contribution in [2.75, 3.05) is 13.2 Å². The molecule has 2 saturated carbocycles. The first-order valence-electron chi connectivity index (χ1n) is 12.3. The molecule has 2 aliphatic heterocycles. The predicted molar refractivity (Wildman–Crippen MR) is 130 cm³/mol. The average Bonchev–Trinajstić information content (AvgIpc) is 3.25. The molecule has 4 aliphatic rings. The summed E-state index contributed by atoms with van der Waals surface area (Å²) in [6, 6.07) is 2.32. The highest BCUT2D eigenvalue weighted by Gasteiger charge is 2.53. The third-order valence-electron chi connectivity index (χ3n) is 7.56. The molecule has 0 bridgehead atoms. The fourth-order valence-corrected chi connectivity index (χ4v) is 6.76. The monoisotopic (exact) mass is 514 g/mol. The molecule has 2 saturated heterocycles. The summed E-state index contributed by atoms with van der Waals surface area (Å²) in [6.45, 7) is 0.229. The zero-order chi connectivity index (χ0) is 24.1. The van der Waals surface area contributed by atoms with E-state index in [0.717, 1.165) is 54.8 Å². The van der Waals surface area contributed by atoms with Crippen LogP contribution in [0.4, 0.5) is 0 Å². The number of hydrogen-bond donors (Lipinski definition) is 1. The van der Waals surface area contributed by atoms with Gasteiger partial charge < -0.3 is 15.0 Å². The Morgan fingerprint density at radius 2 is 1.89 bits per heavy atom. The number of rotatable bonds is 6. The van der Waals surface area contributed by atoms with E-state index >= 15 is 0 Å². The molecular weight excluding hydrogens is 488 g/mol. The number of ketones is 1. The highest BCUT2D eigenvalue weighted by molar-refractivity contribution is 7.17. The lowest BCUT2D eigenvalue weighted by atomic mass is 9.96. The zero-order valence-corrected chi connectivity index (χ0v) is 20.8. The van der Waals surface area contributed by atoms with Crippen LogP contribution >= 0.6 is 22.9 Å². The van der Waals surface area contributed by atoms with Gasteiger partial charge in [-0.2, -0.15) is 0 Å². The number of Topliss-reactive ketones (excluding diaryl/α,β-unsaturated/α-hetero) is 1. The van der Waals surface area contributed by atoms with E-state index in [-0.39, 0.29) is 36.7 Å². The summed E-state index contributed by atoms with van der Waals surface area (Å²) >= 11 is 7.76. The van der Waals surface area contributed by atoms with Gasteiger partial charge in [-0.25, -0.2) is 9.97 Å². The number of carbonyl (C=O) groups excluding carboxylic acids is 3. The van der Waals surface area contributed by atoms with Gasteiger partial charge >= 0.3 is 0 Å². The maximum atomic E-state index is 13.7. The van der Waals surface area contributed by atoms with Crippen molar-refractivity contribution in [3.05, 3.63) is 35.2 Å². The second-order valence-corrected chi connectivity index (χ2v) is 11.6.